The molecular formula is C22H24N4O7S. The topological polar surface area (TPSA) is 152 Å². The van der Waals surface area contributed by atoms with Crippen molar-refractivity contribution in [3.63, 3.8) is 0 Å². The lowest BCUT2D eigenvalue weighted by molar-refractivity contribution is -0.144. The highest BCUT2D eigenvalue weighted by atomic mass is 32.2. The fourth-order valence-electron chi connectivity index (χ4n) is 3.50. The van der Waals surface area contributed by atoms with Crippen molar-refractivity contribution in [3.8, 4) is 11.5 Å². The van der Waals surface area contributed by atoms with Crippen molar-refractivity contribution in [2.75, 3.05) is 13.3 Å². The third-order valence-corrected chi connectivity index (χ3v) is 6.16. The minimum Gasteiger partial charge on any atom is -0.456 e. The van der Waals surface area contributed by atoms with Crippen LogP contribution < -0.4 is 19.9 Å². The van der Waals surface area contributed by atoms with Crippen LogP contribution in [0.25, 0.3) is 11.0 Å². The maximum absolute atomic E-state index is 12.3. The second kappa shape index (κ2) is 9.69. The van der Waals surface area contributed by atoms with Gasteiger partial charge in [0.2, 0.25) is 16.8 Å². The number of ether oxygens (including phenoxy) is 3. The van der Waals surface area contributed by atoms with Crippen molar-refractivity contribution in [1.29, 1.82) is 0 Å². The molecule has 34 heavy (non-hydrogen) atoms. The number of rotatable bonds is 9. The number of benzene rings is 2. The lowest BCUT2D eigenvalue weighted by Gasteiger charge is -2.10. The molecule has 0 saturated heterocycles. The Morgan fingerprint density at radius 2 is 1.97 bits per heavy atom. The minimum absolute atomic E-state index is 0.0464. The number of fused-ring (bicyclic) bond motifs is 2. The van der Waals surface area contributed by atoms with Gasteiger partial charge in [-0.1, -0.05) is 13.3 Å². The van der Waals surface area contributed by atoms with Crippen molar-refractivity contribution in [1.82, 2.24) is 14.9 Å². The van der Waals surface area contributed by atoms with Crippen molar-refractivity contribution in [2.45, 2.75) is 37.8 Å². The van der Waals surface area contributed by atoms with Crippen LogP contribution in [0.1, 0.15) is 35.9 Å². The van der Waals surface area contributed by atoms with Crippen LogP contribution in [0.5, 0.6) is 11.5 Å². The highest BCUT2D eigenvalue weighted by Crippen LogP contribution is 2.32. The molecule has 11 nitrogen and oxygen atoms in total. The Kier molecular flexibility index (Phi) is 6.70. The molecule has 4 rings (SSSR count). The Balaban J connectivity index is 1.41. The van der Waals surface area contributed by atoms with Crippen LogP contribution in [0.2, 0.25) is 0 Å². The van der Waals surface area contributed by atoms with Crippen molar-refractivity contribution in [2.24, 2.45) is 5.14 Å². The Labute approximate surface area is 195 Å². The zero-order valence-corrected chi connectivity index (χ0v) is 19.3. The normalized spacial score (nSPS) is 12.6. The van der Waals surface area contributed by atoms with Gasteiger partial charge in [-0.3, -0.25) is 9.59 Å². The van der Waals surface area contributed by atoms with Crippen LogP contribution in [-0.4, -0.2) is 43.2 Å². The zero-order valence-electron chi connectivity index (χ0n) is 18.4. The maximum Gasteiger partial charge on any atom is 0.325 e. The van der Waals surface area contributed by atoms with Gasteiger partial charge in [0.1, 0.15) is 19.0 Å². The van der Waals surface area contributed by atoms with E-state index in [1.807, 2.05) is 11.5 Å². The number of hydrogen-bond acceptors (Lipinski definition) is 8. The van der Waals surface area contributed by atoms with Crippen LogP contribution in [0.4, 0.5) is 0 Å². The van der Waals surface area contributed by atoms with Gasteiger partial charge in [0, 0.05) is 12.1 Å². The third kappa shape index (κ3) is 5.13. The number of nitrogens with two attached hydrogens (primary N) is 1. The van der Waals surface area contributed by atoms with E-state index in [1.54, 1.807) is 18.2 Å². The molecule has 1 amide bonds. The van der Waals surface area contributed by atoms with E-state index < -0.39 is 21.9 Å². The number of aryl methyl sites for hydroxylation is 1. The summed E-state index contributed by atoms with van der Waals surface area (Å²) in [6.07, 6.45) is 1.79. The summed E-state index contributed by atoms with van der Waals surface area (Å²) in [6.45, 7) is 2.29. The van der Waals surface area contributed by atoms with E-state index in [2.05, 4.69) is 10.3 Å². The van der Waals surface area contributed by atoms with E-state index in [-0.39, 0.29) is 24.8 Å². The van der Waals surface area contributed by atoms with Gasteiger partial charge in [0.15, 0.2) is 11.5 Å². The van der Waals surface area contributed by atoms with Gasteiger partial charge >= 0.3 is 5.97 Å². The first-order valence-corrected chi connectivity index (χ1v) is 12.2. The number of aromatic nitrogens is 2. The van der Waals surface area contributed by atoms with Gasteiger partial charge in [0.05, 0.1) is 15.9 Å². The van der Waals surface area contributed by atoms with Crippen LogP contribution in [-0.2, 0) is 32.7 Å². The first kappa shape index (κ1) is 23.5. The number of imidazole rings is 1. The molecule has 1 aliphatic heterocycles. The summed E-state index contributed by atoms with van der Waals surface area (Å²) in [7, 11) is -3.87. The average Bonchev–Trinajstić information content (AvgIpc) is 3.42. The van der Waals surface area contributed by atoms with Crippen LogP contribution >= 0.6 is 0 Å². The van der Waals surface area contributed by atoms with E-state index in [0.29, 0.717) is 40.5 Å². The largest absolute Gasteiger partial charge is 0.456 e. The number of nitrogens with zero attached hydrogens (tertiary/aromatic N) is 2. The monoisotopic (exact) mass is 488 g/mol. The highest BCUT2D eigenvalue weighted by molar-refractivity contribution is 7.89. The first-order chi connectivity index (χ1) is 16.3. The number of carbonyl (C=O) groups is 2. The fraction of sp³-hybridized carbons (Fsp3) is 0.318. The molecule has 0 unspecified atom stereocenters. The summed E-state index contributed by atoms with van der Waals surface area (Å²) in [5.41, 5.74) is 1.47. The van der Waals surface area contributed by atoms with E-state index in [9.17, 15) is 18.0 Å². The van der Waals surface area contributed by atoms with Crippen LogP contribution in [0, 0.1) is 0 Å². The molecule has 3 N–H and O–H groups in total. The number of sulfonamides is 1. The molecule has 1 aliphatic rings. The summed E-state index contributed by atoms with van der Waals surface area (Å²) in [6, 6.07) is 9.18. The van der Waals surface area contributed by atoms with Crippen LogP contribution in [0.15, 0.2) is 41.3 Å². The van der Waals surface area contributed by atoms with Gasteiger partial charge in [-0.15, -0.1) is 0 Å². The zero-order chi connectivity index (χ0) is 24.3. The molecule has 12 heteroatoms. The molecule has 0 aliphatic carbocycles. The minimum atomic E-state index is -3.87. The number of nitrogens with one attached hydrogen (secondary N) is 1. The predicted molar refractivity (Wildman–Crippen MR) is 121 cm³/mol. The Morgan fingerprint density at radius 3 is 2.74 bits per heavy atom. The van der Waals surface area contributed by atoms with Crippen molar-refractivity contribution < 1.29 is 32.2 Å². The lowest BCUT2D eigenvalue weighted by atomic mass is 10.2. The standard InChI is InChI=1S/C22H24N4O7S/c1-2-3-8-26-17-6-5-15(34(23,29)30)10-16(17)25-20(26)12-31-21(27)11-24-22(28)14-4-7-18-19(9-14)33-13-32-18/h4-7,9-10H,2-3,8,11-13H2,1H3,(H,24,28)(H2,23,29,30). The molecule has 2 heterocycles. The fourth-order valence-corrected chi connectivity index (χ4v) is 4.03. The molecule has 3 aromatic rings. The summed E-state index contributed by atoms with van der Waals surface area (Å²) in [5.74, 6) is 0.379. The molecule has 180 valence electrons. The molecule has 0 radical (unpaired) electrons. The number of carbonyl (C=O) groups excluding carboxylic acids is 2. The Hall–Kier alpha value is -3.64. The van der Waals surface area contributed by atoms with Gasteiger partial charge in [-0.2, -0.15) is 0 Å². The van der Waals surface area contributed by atoms with E-state index in [0.717, 1.165) is 12.8 Å². The number of unbranched alkanes of at least 4 members (excludes halogenated alkanes) is 1. The van der Waals surface area contributed by atoms with E-state index >= 15 is 0 Å². The molecule has 0 atom stereocenters. The second-order valence-corrected chi connectivity index (χ2v) is 9.20. The smallest absolute Gasteiger partial charge is 0.325 e. The van der Waals surface area contributed by atoms with Crippen molar-refractivity contribution >= 4 is 32.9 Å². The van der Waals surface area contributed by atoms with Gasteiger partial charge in [0.25, 0.3) is 5.91 Å². The highest BCUT2D eigenvalue weighted by Gasteiger charge is 2.18. The second-order valence-electron chi connectivity index (χ2n) is 7.64. The summed E-state index contributed by atoms with van der Waals surface area (Å²) in [5, 5.41) is 7.73. The molecule has 1 aromatic heterocycles. The number of hydrogen-bond donors (Lipinski definition) is 2. The summed E-state index contributed by atoms with van der Waals surface area (Å²) in [4.78, 5) is 29.0. The maximum atomic E-state index is 12.3. The predicted octanol–water partition coefficient (Wildman–Crippen LogP) is 1.69. The molecule has 2 aromatic carbocycles. The van der Waals surface area contributed by atoms with E-state index in [1.165, 1.54) is 18.2 Å². The van der Waals surface area contributed by atoms with Gasteiger partial charge < -0.3 is 24.1 Å². The molecular weight excluding hydrogens is 464 g/mol. The SMILES string of the molecule is CCCCn1c(COC(=O)CNC(=O)c2ccc3c(c2)OCO3)nc2cc(S(N)(=O)=O)ccc21. The van der Waals surface area contributed by atoms with E-state index in [4.69, 9.17) is 19.3 Å². The molecule has 0 fully saturated rings. The number of amides is 1. The summed E-state index contributed by atoms with van der Waals surface area (Å²) >= 11 is 0. The quantitative estimate of drug-likeness (QED) is 0.432. The Morgan fingerprint density at radius 1 is 1.18 bits per heavy atom. The summed E-state index contributed by atoms with van der Waals surface area (Å²) < 4.78 is 41.0. The lowest BCUT2D eigenvalue weighted by Crippen LogP contribution is -2.30. The van der Waals surface area contributed by atoms with Gasteiger partial charge in [-0.25, -0.2) is 18.5 Å². The average molecular weight is 489 g/mol. The van der Waals surface area contributed by atoms with Gasteiger partial charge in [-0.05, 0) is 42.8 Å². The molecule has 0 spiro atoms. The number of primary sulfonamides is 1. The van der Waals surface area contributed by atoms with Crippen LogP contribution in [0.3, 0.4) is 0 Å². The molecule has 0 saturated carbocycles. The third-order valence-electron chi connectivity index (χ3n) is 5.25. The van der Waals surface area contributed by atoms with Crippen molar-refractivity contribution in [3.05, 3.63) is 47.8 Å². The first-order valence-electron chi connectivity index (χ1n) is 10.6. The molecule has 0 bridgehead atoms. The Bertz CT molecular complexity index is 1350. The number of esters is 1.